The van der Waals surface area contributed by atoms with Gasteiger partial charge in [-0.3, -0.25) is 24.8 Å². The van der Waals surface area contributed by atoms with Crippen molar-refractivity contribution in [1.82, 2.24) is 15.2 Å². The molecule has 43 heavy (non-hydrogen) atoms. The van der Waals surface area contributed by atoms with E-state index in [1.807, 2.05) is 51.1 Å². The Kier molecular flexibility index (Phi) is 8.99. The van der Waals surface area contributed by atoms with Gasteiger partial charge in [0, 0.05) is 18.3 Å². The molecule has 3 heterocycles. The number of nitrogens with zero attached hydrogens (tertiary/aromatic N) is 2. The average Bonchev–Trinajstić information content (AvgIpc) is 3.19. The standard InChI is InChI=1S/C31H29Cl4N3O5/c1-30(2,3)43-29(41)31(9-10-37-31)16-42-20-13-19(14-36-15-20)18-8-4-6-17(12-18)7-5-11-38-27(39)21-22(28(38)40)24(33)26(35)25(34)23(21)32/h4,6,8,12-15,37H,5,7,9-11,16H2,1-3H3/t31-/m0/s1. The number of esters is 1. The van der Waals surface area contributed by atoms with Crippen LogP contribution in [-0.2, 0) is 16.0 Å². The van der Waals surface area contributed by atoms with E-state index in [0.717, 1.165) is 21.6 Å². The van der Waals surface area contributed by atoms with Gasteiger partial charge in [0.2, 0.25) is 0 Å². The van der Waals surface area contributed by atoms with Crippen LogP contribution in [0.25, 0.3) is 11.1 Å². The summed E-state index contributed by atoms with van der Waals surface area (Å²) in [6.45, 7) is 6.51. The maximum Gasteiger partial charge on any atom is 0.330 e. The lowest BCUT2D eigenvalue weighted by Crippen LogP contribution is -2.66. The number of rotatable bonds is 9. The van der Waals surface area contributed by atoms with Gasteiger partial charge in [-0.15, -0.1) is 0 Å². The maximum atomic E-state index is 13.0. The van der Waals surface area contributed by atoms with Crippen LogP contribution in [0.3, 0.4) is 0 Å². The summed E-state index contributed by atoms with van der Waals surface area (Å²) in [5.41, 5.74) is 1.25. The summed E-state index contributed by atoms with van der Waals surface area (Å²) in [4.78, 5) is 44.2. The third-order valence-corrected chi connectivity index (χ3v) is 9.10. The van der Waals surface area contributed by atoms with Crippen molar-refractivity contribution in [2.45, 2.75) is 51.2 Å². The zero-order chi connectivity index (χ0) is 31.1. The van der Waals surface area contributed by atoms with E-state index in [-0.39, 0.29) is 50.3 Å². The van der Waals surface area contributed by atoms with Crippen LogP contribution in [0.5, 0.6) is 5.75 Å². The molecule has 2 aliphatic heterocycles. The molecule has 12 heteroatoms. The highest BCUT2D eigenvalue weighted by Gasteiger charge is 2.47. The summed E-state index contributed by atoms with van der Waals surface area (Å²) in [6.07, 6.45) is 5.07. The number of hydrogen-bond donors (Lipinski definition) is 1. The van der Waals surface area contributed by atoms with Crippen molar-refractivity contribution in [3.63, 3.8) is 0 Å². The molecule has 8 nitrogen and oxygen atoms in total. The number of ether oxygens (including phenoxy) is 2. The number of hydrogen-bond acceptors (Lipinski definition) is 7. The fourth-order valence-electron chi connectivity index (χ4n) is 4.97. The Hall–Kier alpha value is -2.88. The predicted molar refractivity (Wildman–Crippen MR) is 167 cm³/mol. The van der Waals surface area contributed by atoms with Gasteiger partial charge in [0.1, 0.15) is 18.0 Å². The van der Waals surface area contributed by atoms with Gasteiger partial charge in [0.05, 0.1) is 37.4 Å². The number of benzene rings is 2. The summed E-state index contributed by atoms with van der Waals surface area (Å²) in [5, 5.41) is 2.90. The first-order valence-electron chi connectivity index (χ1n) is 13.7. The summed E-state index contributed by atoms with van der Waals surface area (Å²) in [6, 6.07) is 9.75. The Morgan fingerprint density at radius 2 is 1.63 bits per heavy atom. The number of carbonyl (C=O) groups excluding carboxylic acids is 3. The topological polar surface area (TPSA) is 97.8 Å². The highest BCUT2D eigenvalue weighted by Crippen LogP contribution is 2.44. The van der Waals surface area contributed by atoms with E-state index >= 15 is 0 Å². The van der Waals surface area contributed by atoms with Crippen LogP contribution >= 0.6 is 46.4 Å². The summed E-state index contributed by atoms with van der Waals surface area (Å²) in [7, 11) is 0. The van der Waals surface area contributed by atoms with Crippen molar-refractivity contribution < 1.29 is 23.9 Å². The Morgan fingerprint density at radius 1 is 0.977 bits per heavy atom. The number of aryl methyl sites for hydroxylation is 1. The molecule has 226 valence electrons. The Balaban J connectivity index is 1.22. The molecule has 0 radical (unpaired) electrons. The van der Waals surface area contributed by atoms with Crippen LogP contribution in [0.4, 0.5) is 0 Å². The fourth-order valence-corrected chi connectivity index (χ4v) is 5.98. The van der Waals surface area contributed by atoms with Gasteiger partial charge >= 0.3 is 5.97 Å². The highest BCUT2D eigenvalue weighted by molar-refractivity contribution is 6.55. The number of pyridine rings is 1. The first kappa shape index (κ1) is 31.5. The minimum atomic E-state index is -0.877. The fraction of sp³-hybridized carbons (Fsp3) is 0.355. The molecule has 2 aliphatic rings. The second kappa shape index (κ2) is 12.3. The molecule has 0 aliphatic carbocycles. The van der Waals surface area contributed by atoms with Crippen molar-refractivity contribution in [1.29, 1.82) is 0 Å². The van der Waals surface area contributed by atoms with Crippen LogP contribution in [0.15, 0.2) is 42.7 Å². The molecule has 5 rings (SSSR count). The summed E-state index contributed by atoms with van der Waals surface area (Å²) in [5.74, 6) is -0.897. The first-order valence-corrected chi connectivity index (χ1v) is 15.2. The van der Waals surface area contributed by atoms with E-state index in [1.54, 1.807) is 12.4 Å². The third kappa shape index (κ3) is 6.35. The van der Waals surface area contributed by atoms with E-state index in [2.05, 4.69) is 10.3 Å². The molecule has 2 amide bonds. The van der Waals surface area contributed by atoms with Gasteiger partial charge in [-0.05, 0) is 63.8 Å². The van der Waals surface area contributed by atoms with E-state index in [0.29, 0.717) is 31.6 Å². The Labute approximate surface area is 269 Å². The van der Waals surface area contributed by atoms with Crippen LogP contribution in [0.1, 0.15) is 59.9 Å². The van der Waals surface area contributed by atoms with E-state index in [4.69, 9.17) is 55.9 Å². The summed E-state index contributed by atoms with van der Waals surface area (Å²) >= 11 is 24.7. The molecular weight excluding hydrogens is 636 g/mol. The van der Waals surface area contributed by atoms with Crippen molar-refractivity contribution in [2.75, 3.05) is 19.7 Å². The van der Waals surface area contributed by atoms with Crippen LogP contribution in [-0.4, -0.2) is 58.5 Å². The molecule has 2 aromatic carbocycles. The number of amides is 2. The van der Waals surface area contributed by atoms with Crippen molar-refractivity contribution in [3.8, 4) is 16.9 Å². The monoisotopic (exact) mass is 663 g/mol. The molecule has 1 fully saturated rings. The molecule has 0 saturated carbocycles. The quantitative estimate of drug-likeness (QED) is 0.113. The van der Waals surface area contributed by atoms with Crippen LogP contribution in [0, 0.1) is 0 Å². The van der Waals surface area contributed by atoms with E-state index < -0.39 is 23.0 Å². The van der Waals surface area contributed by atoms with Crippen LogP contribution in [0.2, 0.25) is 20.1 Å². The molecule has 1 atom stereocenters. The smallest absolute Gasteiger partial charge is 0.330 e. The zero-order valence-electron chi connectivity index (χ0n) is 23.7. The number of aromatic nitrogens is 1. The maximum absolute atomic E-state index is 13.0. The predicted octanol–water partition coefficient (Wildman–Crippen LogP) is 7.04. The first-order chi connectivity index (χ1) is 20.3. The number of nitrogens with one attached hydrogen (secondary N) is 1. The lowest BCUT2D eigenvalue weighted by atomic mass is 9.88. The van der Waals surface area contributed by atoms with Crippen molar-refractivity contribution >= 4 is 64.2 Å². The minimum absolute atomic E-state index is 0.0206. The SMILES string of the molecule is CC(C)(C)OC(=O)[C@@]1(COc2cncc(-c3cccc(CCCN4C(=O)c5c(Cl)c(Cl)c(Cl)c(Cl)c5C4=O)c3)c2)CCN1. The number of imide groups is 1. The van der Waals surface area contributed by atoms with Crippen molar-refractivity contribution in [2.24, 2.45) is 0 Å². The summed E-state index contributed by atoms with van der Waals surface area (Å²) < 4.78 is 11.6. The number of carbonyl (C=O) groups is 3. The number of halogens is 4. The van der Waals surface area contributed by atoms with Gasteiger partial charge in [-0.25, -0.2) is 4.79 Å². The largest absolute Gasteiger partial charge is 0.489 e. The minimum Gasteiger partial charge on any atom is -0.489 e. The molecule has 1 aromatic heterocycles. The molecule has 1 saturated heterocycles. The molecular formula is C31H29Cl4N3O5. The molecule has 0 unspecified atom stereocenters. The highest BCUT2D eigenvalue weighted by atomic mass is 35.5. The van der Waals surface area contributed by atoms with Gasteiger partial charge < -0.3 is 9.47 Å². The lowest BCUT2D eigenvalue weighted by Gasteiger charge is -2.41. The van der Waals surface area contributed by atoms with Crippen LogP contribution < -0.4 is 10.1 Å². The van der Waals surface area contributed by atoms with Gasteiger partial charge in [-0.2, -0.15) is 0 Å². The molecule has 0 bridgehead atoms. The second-order valence-corrected chi connectivity index (χ2v) is 13.0. The third-order valence-electron chi connectivity index (χ3n) is 7.30. The second-order valence-electron chi connectivity index (χ2n) is 11.5. The Morgan fingerprint density at radius 3 is 2.21 bits per heavy atom. The van der Waals surface area contributed by atoms with Gasteiger partial charge in [0.15, 0.2) is 5.54 Å². The normalized spacial score (nSPS) is 18.0. The molecule has 3 aromatic rings. The molecule has 1 N–H and O–H groups in total. The van der Waals surface area contributed by atoms with E-state index in [9.17, 15) is 14.4 Å². The number of fused-ring (bicyclic) bond motifs is 1. The van der Waals surface area contributed by atoms with Gasteiger partial charge in [0.25, 0.3) is 11.8 Å². The van der Waals surface area contributed by atoms with E-state index in [1.165, 1.54) is 0 Å². The van der Waals surface area contributed by atoms with Gasteiger partial charge in [-0.1, -0.05) is 70.7 Å². The Bertz CT molecular complexity index is 1570. The average molecular weight is 665 g/mol. The van der Waals surface area contributed by atoms with Crippen molar-refractivity contribution in [3.05, 3.63) is 79.5 Å². The lowest BCUT2D eigenvalue weighted by molar-refractivity contribution is -0.168. The molecule has 0 spiro atoms. The zero-order valence-corrected chi connectivity index (χ0v) is 26.8.